The van der Waals surface area contributed by atoms with Crippen molar-refractivity contribution < 1.29 is 4.52 Å². The number of aromatic amines is 1. The molecule has 13 heavy (non-hydrogen) atoms. The molecule has 0 spiro atoms. The molecule has 0 aromatic carbocycles. The molecule has 0 amide bonds. The van der Waals surface area contributed by atoms with Crippen molar-refractivity contribution in [3.63, 3.8) is 0 Å². The van der Waals surface area contributed by atoms with Gasteiger partial charge >= 0.3 is 5.63 Å². The van der Waals surface area contributed by atoms with Crippen LogP contribution in [0, 0.1) is 0 Å². The molecule has 70 valence electrons. The predicted octanol–water partition coefficient (Wildman–Crippen LogP) is 0.488. The van der Waals surface area contributed by atoms with Crippen molar-refractivity contribution in [2.45, 2.75) is 31.8 Å². The van der Waals surface area contributed by atoms with Crippen LogP contribution in [0.4, 0.5) is 0 Å². The minimum atomic E-state index is -0.176. The van der Waals surface area contributed by atoms with Gasteiger partial charge in [0.25, 0.3) is 0 Å². The van der Waals surface area contributed by atoms with Crippen LogP contribution in [0.2, 0.25) is 0 Å². The average molecular weight is 180 g/mol. The summed E-state index contributed by atoms with van der Waals surface area (Å²) >= 11 is 0. The first kappa shape index (κ1) is 7.38. The minimum Gasteiger partial charge on any atom is -0.339 e. The number of H-pyrrole nitrogens is 1. The summed E-state index contributed by atoms with van der Waals surface area (Å²) in [4.78, 5) is 13.6. The van der Waals surface area contributed by atoms with Crippen molar-refractivity contribution in [3.05, 3.63) is 21.7 Å². The normalized spacial score (nSPS) is 23.1. The van der Waals surface area contributed by atoms with Crippen LogP contribution in [0.25, 0.3) is 0 Å². The summed E-state index contributed by atoms with van der Waals surface area (Å²) < 4.78 is 4.76. The molecule has 2 aliphatic rings. The number of hydrogen-bond donors (Lipinski definition) is 1. The average Bonchev–Trinajstić information content (AvgIpc) is 2.93. The fourth-order valence-electron chi connectivity index (χ4n) is 2.02. The van der Waals surface area contributed by atoms with Gasteiger partial charge in [-0.2, -0.15) is 0 Å². The molecule has 0 saturated heterocycles. The summed E-state index contributed by atoms with van der Waals surface area (Å²) in [6, 6.07) is 0.770. The molecule has 4 heteroatoms. The van der Waals surface area contributed by atoms with Crippen molar-refractivity contribution in [2.24, 2.45) is 0 Å². The summed E-state index contributed by atoms with van der Waals surface area (Å²) in [6.07, 6.45) is 3.48. The van der Waals surface area contributed by atoms with Crippen molar-refractivity contribution in [3.8, 4) is 0 Å². The highest BCUT2D eigenvalue weighted by molar-refractivity contribution is 5.18. The number of aromatic nitrogens is 1. The van der Waals surface area contributed by atoms with Gasteiger partial charge in [0.05, 0.1) is 11.3 Å². The fraction of sp³-hybridized carbons (Fsp3) is 0.667. The Balaban J connectivity index is 1.90. The highest BCUT2D eigenvalue weighted by atomic mass is 16.5. The molecule has 1 aliphatic carbocycles. The molecule has 1 aromatic rings. The lowest BCUT2D eigenvalue weighted by atomic mass is 10.1. The second-order valence-corrected chi connectivity index (χ2v) is 3.90. The Kier molecular flexibility index (Phi) is 1.41. The maximum Gasteiger partial charge on any atom is 0.360 e. The molecule has 0 radical (unpaired) electrons. The molecule has 1 aromatic heterocycles. The quantitative estimate of drug-likeness (QED) is 0.684. The largest absolute Gasteiger partial charge is 0.360 e. The molecule has 0 bridgehead atoms. The Labute approximate surface area is 75.5 Å². The molecule has 1 aliphatic heterocycles. The summed E-state index contributed by atoms with van der Waals surface area (Å²) in [7, 11) is 0. The molecular formula is C9H12N2O2. The molecule has 2 heterocycles. The van der Waals surface area contributed by atoms with Crippen LogP contribution in [-0.4, -0.2) is 22.6 Å². The van der Waals surface area contributed by atoms with Gasteiger partial charge in [-0.3, -0.25) is 4.90 Å². The first-order valence-electron chi connectivity index (χ1n) is 4.78. The zero-order valence-corrected chi connectivity index (χ0v) is 7.38. The number of hydrogen-bond acceptors (Lipinski definition) is 3. The predicted molar refractivity (Wildman–Crippen MR) is 46.5 cm³/mol. The monoisotopic (exact) mass is 180 g/mol. The van der Waals surface area contributed by atoms with E-state index in [1.165, 1.54) is 12.8 Å². The Hall–Kier alpha value is -1.03. The minimum absolute atomic E-state index is 0.176. The zero-order valence-electron chi connectivity index (χ0n) is 7.38. The van der Waals surface area contributed by atoms with Gasteiger partial charge in [-0.25, -0.2) is 9.95 Å². The number of rotatable bonds is 1. The van der Waals surface area contributed by atoms with E-state index >= 15 is 0 Å². The lowest BCUT2D eigenvalue weighted by molar-refractivity contribution is 0.237. The maximum atomic E-state index is 11.1. The summed E-state index contributed by atoms with van der Waals surface area (Å²) in [6.45, 7) is 1.88. The summed E-state index contributed by atoms with van der Waals surface area (Å²) in [5, 5.41) is 2.71. The molecule has 0 unspecified atom stereocenters. The topological polar surface area (TPSA) is 49.2 Å². The fourth-order valence-corrected chi connectivity index (χ4v) is 2.02. The first-order chi connectivity index (χ1) is 6.34. The van der Waals surface area contributed by atoms with E-state index in [9.17, 15) is 4.79 Å². The highest BCUT2D eigenvalue weighted by Crippen LogP contribution is 2.30. The summed E-state index contributed by atoms with van der Waals surface area (Å²) in [5.41, 5.74) is 1.67. The van der Waals surface area contributed by atoms with Crippen molar-refractivity contribution >= 4 is 0 Å². The van der Waals surface area contributed by atoms with Gasteiger partial charge in [0.15, 0.2) is 0 Å². The maximum absolute atomic E-state index is 11.1. The molecule has 4 nitrogen and oxygen atoms in total. The molecule has 1 fully saturated rings. The zero-order chi connectivity index (χ0) is 8.84. The smallest absolute Gasteiger partial charge is 0.339 e. The summed E-state index contributed by atoms with van der Waals surface area (Å²) in [5.74, 6) is 0. The number of fused-ring (bicyclic) bond motifs is 1. The highest BCUT2D eigenvalue weighted by Gasteiger charge is 2.32. The molecule has 1 N–H and O–H groups in total. The lowest BCUT2D eigenvalue weighted by Crippen LogP contribution is -2.33. The molecule has 3 rings (SSSR count). The molecular weight excluding hydrogens is 168 g/mol. The van der Waals surface area contributed by atoms with Gasteiger partial charge in [0.2, 0.25) is 0 Å². The van der Waals surface area contributed by atoms with E-state index in [1.807, 2.05) is 0 Å². The third kappa shape index (κ3) is 1.13. The van der Waals surface area contributed by atoms with Crippen LogP contribution in [-0.2, 0) is 13.0 Å². The lowest BCUT2D eigenvalue weighted by Gasteiger charge is -2.24. The standard InChI is InChI=1S/C9H12N2O2/c12-9-7-3-4-11(6-1-2-6)5-8(7)10-13-9/h6,10H,1-5H2. The van der Waals surface area contributed by atoms with Crippen molar-refractivity contribution in [1.82, 2.24) is 10.1 Å². The van der Waals surface area contributed by atoms with Gasteiger partial charge in [-0.05, 0) is 19.3 Å². The van der Waals surface area contributed by atoms with Crippen LogP contribution in [0.15, 0.2) is 9.32 Å². The third-order valence-corrected chi connectivity index (χ3v) is 2.95. The Morgan fingerprint density at radius 2 is 2.31 bits per heavy atom. The van der Waals surface area contributed by atoms with Crippen LogP contribution in [0.1, 0.15) is 24.1 Å². The van der Waals surface area contributed by atoms with Gasteiger partial charge in [0.1, 0.15) is 0 Å². The Morgan fingerprint density at radius 3 is 3.08 bits per heavy atom. The van der Waals surface area contributed by atoms with E-state index in [0.29, 0.717) is 0 Å². The van der Waals surface area contributed by atoms with Crippen LogP contribution in [0.3, 0.4) is 0 Å². The van der Waals surface area contributed by atoms with Crippen molar-refractivity contribution in [2.75, 3.05) is 6.54 Å². The van der Waals surface area contributed by atoms with E-state index in [4.69, 9.17) is 4.52 Å². The van der Waals surface area contributed by atoms with Crippen LogP contribution >= 0.6 is 0 Å². The van der Waals surface area contributed by atoms with E-state index in [0.717, 1.165) is 36.8 Å². The van der Waals surface area contributed by atoms with Gasteiger partial charge in [-0.1, -0.05) is 0 Å². The van der Waals surface area contributed by atoms with Gasteiger partial charge < -0.3 is 4.52 Å². The SMILES string of the molecule is O=c1o[nH]c2c1CCN(C1CC1)C2. The molecule has 1 saturated carbocycles. The van der Waals surface area contributed by atoms with E-state index in [-0.39, 0.29) is 5.63 Å². The van der Waals surface area contributed by atoms with Gasteiger partial charge in [0, 0.05) is 19.1 Å². The van der Waals surface area contributed by atoms with Crippen LogP contribution in [0.5, 0.6) is 0 Å². The van der Waals surface area contributed by atoms with Gasteiger partial charge in [-0.15, -0.1) is 0 Å². The van der Waals surface area contributed by atoms with E-state index < -0.39 is 0 Å². The third-order valence-electron chi connectivity index (χ3n) is 2.95. The Morgan fingerprint density at radius 1 is 1.46 bits per heavy atom. The van der Waals surface area contributed by atoms with E-state index in [1.54, 1.807) is 0 Å². The molecule has 0 atom stereocenters. The number of nitrogens with zero attached hydrogens (tertiary/aromatic N) is 1. The Bertz CT molecular complexity index is 375. The second-order valence-electron chi connectivity index (χ2n) is 3.90. The van der Waals surface area contributed by atoms with E-state index in [2.05, 4.69) is 10.1 Å². The first-order valence-corrected chi connectivity index (χ1v) is 4.78. The van der Waals surface area contributed by atoms with Crippen LogP contribution < -0.4 is 5.63 Å². The second kappa shape index (κ2) is 2.48. The van der Waals surface area contributed by atoms with Crippen molar-refractivity contribution in [1.29, 1.82) is 0 Å². The number of nitrogens with one attached hydrogen (secondary N) is 1.